The van der Waals surface area contributed by atoms with E-state index in [-0.39, 0.29) is 37.8 Å². The van der Waals surface area contributed by atoms with Crippen LogP contribution in [0.5, 0.6) is 0 Å². The van der Waals surface area contributed by atoms with E-state index in [1.54, 1.807) is 0 Å². The van der Waals surface area contributed by atoms with Crippen LogP contribution in [-0.2, 0) is 42.5 Å². The van der Waals surface area contributed by atoms with Crippen molar-refractivity contribution >= 4 is 21.6 Å². The molecule has 0 amide bonds. The van der Waals surface area contributed by atoms with Crippen molar-refractivity contribution in [2.45, 2.75) is 20.3 Å². The summed E-state index contributed by atoms with van der Waals surface area (Å²) >= 11 is 1.12. The van der Waals surface area contributed by atoms with Gasteiger partial charge >= 0.3 is 0 Å². The van der Waals surface area contributed by atoms with Crippen molar-refractivity contribution in [3.8, 4) is 0 Å². The molecule has 5 heteroatoms. The van der Waals surface area contributed by atoms with Crippen LogP contribution < -0.4 is 0 Å². The predicted octanol–water partition coefficient (Wildman–Crippen LogP) is 1.93. The number of thioether (sulfide) groups is 1. The maximum atomic E-state index is 11.1. The third-order valence-electron chi connectivity index (χ3n) is 1.27. The summed E-state index contributed by atoms with van der Waals surface area (Å²) in [5.41, 5.74) is 0. The molecule has 71 valence electrons. The second-order valence-electron chi connectivity index (χ2n) is 2.95. The molecule has 0 aliphatic carbocycles. The van der Waals surface area contributed by atoms with Gasteiger partial charge in [0.15, 0.2) is 9.84 Å². The topological polar surface area (TPSA) is 34.1 Å². The zero-order valence-corrected chi connectivity index (χ0v) is 12.1. The van der Waals surface area contributed by atoms with Gasteiger partial charge in [0, 0.05) is 32.7 Å². The summed E-state index contributed by atoms with van der Waals surface area (Å²) in [5.74, 6) is 0.757. The van der Waals surface area contributed by atoms with Gasteiger partial charge < -0.3 is 11.8 Å². The molecular weight excluding hydrogens is 269 g/mol. The molecule has 0 fully saturated rings. The van der Waals surface area contributed by atoms with E-state index < -0.39 is 9.84 Å². The summed E-state index contributed by atoms with van der Waals surface area (Å²) in [5, 5.41) is 0.153. The minimum absolute atomic E-state index is 0. The Hall–Kier alpha value is 1.40. The molecule has 0 spiro atoms. The Balaban J connectivity index is 0. The molecule has 0 atom stereocenters. The first kappa shape index (κ1) is 15.9. The van der Waals surface area contributed by atoms with Gasteiger partial charge in [-0.2, -0.15) is 0 Å². The standard InChI is InChI=1S/C7H15O2S2.Y/c1-7(2)4-5-11(8,9)6-10-3;/h7H,3-6H2,1-2H3;/q-1;. The van der Waals surface area contributed by atoms with Crippen LogP contribution in [0.3, 0.4) is 0 Å². The molecule has 12 heavy (non-hydrogen) atoms. The molecule has 0 N–H and O–H groups in total. The van der Waals surface area contributed by atoms with E-state index in [4.69, 9.17) is 0 Å². The van der Waals surface area contributed by atoms with Gasteiger partial charge in [0.25, 0.3) is 0 Å². The first-order valence-electron chi connectivity index (χ1n) is 3.55. The van der Waals surface area contributed by atoms with Gasteiger partial charge in [-0.3, -0.25) is 6.26 Å². The maximum absolute atomic E-state index is 11.1. The van der Waals surface area contributed by atoms with Crippen molar-refractivity contribution in [2.24, 2.45) is 5.92 Å². The van der Waals surface area contributed by atoms with Crippen molar-refractivity contribution in [1.29, 1.82) is 0 Å². The monoisotopic (exact) mass is 284 g/mol. The summed E-state index contributed by atoms with van der Waals surface area (Å²) < 4.78 is 22.1. The van der Waals surface area contributed by atoms with Crippen LogP contribution in [0.25, 0.3) is 0 Å². The molecule has 0 aliphatic rings. The fraction of sp³-hybridized carbons (Fsp3) is 0.857. The SMILES string of the molecule is [CH2-]SCS(=O)(=O)CCC(C)C.[Y]. The van der Waals surface area contributed by atoms with Crippen LogP contribution in [0.1, 0.15) is 20.3 Å². The Morgan fingerprint density at radius 3 is 2.25 bits per heavy atom. The third kappa shape index (κ3) is 9.49. The summed E-state index contributed by atoms with van der Waals surface area (Å²) in [6, 6.07) is 0. The Bertz CT molecular complexity index is 188. The zero-order valence-electron chi connectivity index (χ0n) is 7.62. The maximum Gasteiger partial charge on any atom is 0.157 e. The van der Waals surface area contributed by atoms with E-state index >= 15 is 0 Å². The second-order valence-corrected chi connectivity index (χ2v) is 6.20. The Morgan fingerprint density at radius 1 is 1.42 bits per heavy atom. The van der Waals surface area contributed by atoms with E-state index in [1.807, 2.05) is 13.8 Å². The summed E-state index contributed by atoms with van der Waals surface area (Å²) in [6.07, 6.45) is 4.19. The Kier molecular flexibility index (Phi) is 10.3. The number of sulfone groups is 1. The third-order valence-corrected chi connectivity index (χ3v) is 4.23. The van der Waals surface area contributed by atoms with Crippen LogP contribution in [0.15, 0.2) is 0 Å². The van der Waals surface area contributed by atoms with Gasteiger partial charge in [-0.15, -0.1) is 0 Å². The van der Waals surface area contributed by atoms with Crippen LogP contribution in [0.4, 0.5) is 0 Å². The number of rotatable bonds is 5. The van der Waals surface area contributed by atoms with Crippen molar-refractivity contribution < 1.29 is 41.1 Å². The molecule has 0 aromatic rings. The van der Waals surface area contributed by atoms with Crippen LogP contribution in [0.2, 0.25) is 0 Å². The van der Waals surface area contributed by atoms with Crippen LogP contribution in [0, 0.1) is 12.2 Å². The Morgan fingerprint density at radius 2 is 1.92 bits per heavy atom. The first-order valence-corrected chi connectivity index (χ1v) is 6.53. The van der Waals surface area contributed by atoms with Crippen LogP contribution in [-0.4, -0.2) is 19.3 Å². The number of hydrogen-bond donors (Lipinski definition) is 0. The van der Waals surface area contributed by atoms with Crippen molar-refractivity contribution in [3.63, 3.8) is 0 Å². The molecule has 0 rings (SSSR count). The quantitative estimate of drug-likeness (QED) is 0.723. The van der Waals surface area contributed by atoms with Crippen molar-refractivity contribution in [3.05, 3.63) is 6.26 Å². The molecule has 0 aliphatic heterocycles. The Labute approximate surface area is 105 Å². The summed E-state index contributed by atoms with van der Waals surface area (Å²) in [4.78, 5) is 0. The summed E-state index contributed by atoms with van der Waals surface area (Å²) in [6.45, 7) is 4.04. The van der Waals surface area contributed by atoms with Crippen molar-refractivity contribution in [1.82, 2.24) is 0 Å². The van der Waals surface area contributed by atoms with E-state index in [0.717, 1.165) is 18.2 Å². The molecule has 0 unspecified atom stereocenters. The molecule has 0 aromatic heterocycles. The molecule has 0 heterocycles. The van der Waals surface area contributed by atoms with Gasteiger partial charge in [0.05, 0.1) is 10.8 Å². The van der Waals surface area contributed by atoms with E-state index in [2.05, 4.69) is 6.26 Å². The molecule has 0 saturated carbocycles. The van der Waals surface area contributed by atoms with Gasteiger partial charge in [-0.25, -0.2) is 8.42 Å². The molecule has 2 nitrogen and oxygen atoms in total. The number of hydrogen-bond acceptors (Lipinski definition) is 3. The molecule has 0 aromatic carbocycles. The average molecular weight is 284 g/mol. The largest absolute Gasteiger partial charge is 0.339 e. The van der Waals surface area contributed by atoms with Gasteiger partial charge in [0.1, 0.15) is 0 Å². The van der Waals surface area contributed by atoms with Crippen molar-refractivity contribution in [2.75, 3.05) is 10.8 Å². The van der Waals surface area contributed by atoms with Gasteiger partial charge in [-0.05, 0) is 12.3 Å². The fourth-order valence-electron chi connectivity index (χ4n) is 0.601. The van der Waals surface area contributed by atoms with Crippen LogP contribution >= 0.6 is 11.8 Å². The second kappa shape index (κ2) is 7.78. The molecule has 0 saturated heterocycles. The molecular formula is C7H15O2S2Y-. The fourth-order valence-corrected chi connectivity index (χ4v) is 2.92. The van der Waals surface area contributed by atoms with E-state index in [9.17, 15) is 8.42 Å². The first-order chi connectivity index (χ1) is 4.98. The van der Waals surface area contributed by atoms with Gasteiger partial charge in [-0.1, -0.05) is 13.8 Å². The molecule has 0 bridgehead atoms. The van der Waals surface area contributed by atoms with E-state index in [0.29, 0.717) is 11.7 Å². The van der Waals surface area contributed by atoms with E-state index in [1.165, 1.54) is 0 Å². The smallest absolute Gasteiger partial charge is 0.157 e. The van der Waals surface area contributed by atoms with Gasteiger partial charge in [0.2, 0.25) is 0 Å². The minimum Gasteiger partial charge on any atom is -0.339 e. The molecule has 1 radical (unpaired) electrons. The predicted molar refractivity (Wildman–Crippen MR) is 51.1 cm³/mol. The summed E-state index contributed by atoms with van der Waals surface area (Å²) in [7, 11) is -2.83. The normalized spacial score (nSPS) is 11.3. The average Bonchev–Trinajstić information content (AvgIpc) is 1.84. The minimum atomic E-state index is -2.83. The zero-order chi connectivity index (χ0) is 8.91.